The van der Waals surface area contributed by atoms with Gasteiger partial charge in [-0.3, -0.25) is 0 Å². The number of aryl methyl sites for hydroxylation is 1. The molecule has 0 saturated heterocycles. The highest BCUT2D eigenvalue weighted by Crippen LogP contribution is 2.34. The van der Waals surface area contributed by atoms with E-state index in [1.54, 1.807) is 12.1 Å². The second-order valence-electron chi connectivity index (χ2n) is 6.25. The van der Waals surface area contributed by atoms with Gasteiger partial charge in [0.05, 0.1) is 7.11 Å². The number of hydrogen-bond acceptors (Lipinski definition) is 1. The number of rotatable bonds is 3. The highest BCUT2D eigenvalue weighted by atomic mass is 19.1. The summed E-state index contributed by atoms with van der Waals surface area (Å²) >= 11 is 0. The molecule has 0 saturated carbocycles. The summed E-state index contributed by atoms with van der Waals surface area (Å²) in [6.45, 7) is 6.26. The summed E-state index contributed by atoms with van der Waals surface area (Å²) in [6, 6.07) is 13.6. The SMILES string of the molecule is COc1ccc(C(C)(C)c2cc3cc(C)ccc3[nH]2)cc1F. The van der Waals surface area contributed by atoms with E-state index in [1.165, 1.54) is 18.1 Å². The molecule has 2 aromatic carbocycles. The number of H-pyrrole nitrogens is 1. The minimum absolute atomic E-state index is 0.270. The van der Waals surface area contributed by atoms with Gasteiger partial charge in [-0.2, -0.15) is 0 Å². The quantitative estimate of drug-likeness (QED) is 0.727. The molecule has 1 aromatic heterocycles. The van der Waals surface area contributed by atoms with E-state index in [-0.39, 0.29) is 17.0 Å². The number of aromatic nitrogens is 1. The monoisotopic (exact) mass is 297 g/mol. The predicted octanol–water partition coefficient (Wildman–Crippen LogP) is 4.95. The molecule has 22 heavy (non-hydrogen) atoms. The van der Waals surface area contributed by atoms with E-state index in [1.807, 2.05) is 6.07 Å². The van der Waals surface area contributed by atoms with Crippen molar-refractivity contribution in [3.8, 4) is 5.75 Å². The number of methoxy groups -OCH3 is 1. The fourth-order valence-corrected chi connectivity index (χ4v) is 2.80. The van der Waals surface area contributed by atoms with Crippen LogP contribution in [0.25, 0.3) is 10.9 Å². The van der Waals surface area contributed by atoms with Gasteiger partial charge in [0.25, 0.3) is 0 Å². The van der Waals surface area contributed by atoms with Gasteiger partial charge in [-0.25, -0.2) is 4.39 Å². The molecule has 1 N–H and O–H groups in total. The number of benzene rings is 2. The van der Waals surface area contributed by atoms with Crippen molar-refractivity contribution in [1.82, 2.24) is 4.98 Å². The fourth-order valence-electron chi connectivity index (χ4n) is 2.80. The van der Waals surface area contributed by atoms with Gasteiger partial charge in [0, 0.05) is 16.6 Å². The molecule has 0 unspecified atom stereocenters. The molecule has 0 spiro atoms. The lowest BCUT2D eigenvalue weighted by molar-refractivity contribution is 0.385. The molecule has 0 atom stereocenters. The van der Waals surface area contributed by atoms with Crippen LogP contribution < -0.4 is 4.74 Å². The van der Waals surface area contributed by atoms with Crippen LogP contribution in [0, 0.1) is 12.7 Å². The van der Waals surface area contributed by atoms with Crippen LogP contribution in [-0.2, 0) is 5.41 Å². The number of ether oxygens (including phenoxy) is 1. The van der Waals surface area contributed by atoms with E-state index in [2.05, 4.69) is 50.0 Å². The summed E-state index contributed by atoms with van der Waals surface area (Å²) in [7, 11) is 1.48. The largest absolute Gasteiger partial charge is 0.494 e. The van der Waals surface area contributed by atoms with Crippen molar-refractivity contribution in [2.24, 2.45) is 0 Å². The second kappa shape index (κ2) is 5.16. The Morgan fingerprint density at radius 1 is 1.05 bits per heavy atom. The normalized spacial score (nSPS) is 11.9. The Kier molecular flexibility index (Phi) is 3.44. The zero-order valence-electron chi connectivity index (χ0n) is 13.3. The summed E-state index contributed by atoms with van der Waals surface area (Å²) in [4.78, 5) is 3.46. The van der Waals surface area contributed by atoms with Crippen LogP contribution in [0.2, 0.25) is 0 Å². The van der Waals surface area contributed by atoms with E-state index in [0.29, 0.717) is 0 Å². The fraction of sp³-hybridized carbons (Fsp3) is 0.263. The van der Waals surface area contributed by atoms with E-state index in [4.69, 9.17) is 4.74 Å². The number of hydrogen-bond donors (Lipinski definition) is 1. The molecule has 114 valence electrons. The lowest BCUT2D eigenvalue weighted by Gasteiger charge is -2.24. The topological polar surface area (TPSA) is 25.0 Å². The van der Waals surface area contributed by atoms with E-state index < -0.39 is 0 Å². The van der Waals surface area contributed by atoms with Crippen LogP contribution >= 0.6 is 0 Å². The molecule has 3 rings (SSSR count). The maximum absolute atomic E-state index is 14.0. The Bertz CT molecular complexity index is 833. The number of halogens is 1. The first-order valence-corrected chi connectivity index (χ1v) is 7.35. The van der Waals surface area contributed by atoms with E-state index in [0.717, 1.165) is 16.8 Å². The number of fused-ring (bicyclic) bond motifs is 1. The summed E-state index contributed by atoms with van der Waals surface area (Å²) in [6.07, 6.45) is 0. The van der Waals surface area contributed by atoms with Crippen LogP contribution in [0.15, 0.2) is 42.5 Å². The molecule has 0 radical (unpaired) electrons. The zero-order valence-corrected chi connectivity index (χ0v) is 13.3. The van der Waals surface area contributed by atoms with Crippen LogP contribution in [0.4, 0.5) is 4.39 Å². The molecule has 0 fully saturated rings. The minimum Gasteiger partial charge on any atom is -0.494 e. The second-order valence-corrected chi connectivity index (χ2v) is 6.25. The molecule has 0 aliphatic rings. The third kappa shape index (κ3) is 2.37. The number of aromatic amines is 1. The van der Waals surface area contributed by atoms with Crippen molar-refractivity contribution in [2.75, 3.05) is 7.11 Å². The lowest BCUT2D eigenvalue weighted by Crippen LogP contribution is -2.19. The first-order chi connectivity index (χ1) is 10.4. The first-order valence-electron chi connectivity index (χ1n) is 7.35. The summed E-state index contributed by atoms with van der Waals surface area (Å²) in [5.74, 6) is -0.0631. The molecule has 0 amide bonds. The molecule has 0 aliphatic heterocycles. The third-order valence-corrected chi connectivity index (χ3v) is 4.32. The molecule has 2 nitrogen and oxygen atoms in total. The zero-order chi connectivity index (χ0) is 15.9. The first kappa shape index (κ1) is 14.6. The third-order valence-electron chi connectivity index (χ3n) is 4.32. The van der Waals surface area contributed by atoms with Crippen molar-refractivity contribution in [1.29, 1.82) is 0 Å². The average molecular weight is 297 g/mol. The summed E-state index contributed by atoms with van der Waals surface area (Å²) in [5, 5.41) is 1.18. The van der Waals surface area contributed by atoms with Gasteiger partial charge in [-0.05, 0) is 48.2 Å². The predicted molar refractivity (Wildman–Crippen MR) is 88.1 cm³/mol. The Morgan fingerprint density at radius 2 is 1.82 bits per heavy atom. The molecular weight excluding hydrogens is 277 g/mol. The van der Waals surface area contributed by atoms with Gasteiger partial charge in [-0.15, -0.1) is 0 Å². The van der Waals surface area contributed by atoms with Crippen molar-refractivity contribution in [3.63, 3.8) is 0 Å². The molecule has 1 heterocycles. The van der Waals surface area contributed by atoms with Gasteiger partial charge in [-0.1, -0.05) is 31.5 Å². The van der Waals surface area contributed by atoms with Gasteiger partial charge >= 0.3 is 0 Å². The average Bonchev–Trinajstić information content (AvgIpc) is 2.90. The Hall–Kier alpha value is -2.29. The Morgan fingerprint density at radius 3 is 2.50 bits per heavy atom. The summed E-state index contributed by atoms with van der Waals surface area (Å²) < 4.78 is 19.0. The molecule has 3 heteroatoms. The van der Waals surface area contributed by atoms with Crippen molar-refractivity contribution in [2.45, 2.75) is 26.2 Å². The Labute approximate surface area is 129 Å². The van der Waals surface area contributed by atoms with Crippen LogP contribution in [0.5, 0.6) is 5.75 Å². The van der Waals surface area contributed by atoms with Crippen molar-refractivity contribution < 1.29 is 9.13 Å². The molecule has 0 bridgehead atoms. The van der Waals surface area contributed by atoms with Crippen LogP contribution in [0.1, 0.15) is 30.7 Å². The number of nitrogens with one attached hydrogen (secondary N) is 1. The van der Waals surface area contributed by atoms with Crippen molar-refractivity contribution >= 4 is 10.9 Å². The maximum Gasteiger partial charge on any atom is 0.165 e. The van der Waals surface area contributed by atoms with Crippen LogP contribution in [0.3, 0.4) is 0 Å². The van der Waals surface area contributed by atoms with Gasteiger partial charge in [0.2, 0.25) is 0 Å². The molecular formula is C19H20FNO. The maximum atomic E-state index is 14.0. The highest BCUT2D eigenvalue weighted by Gasteiger charge is 2.26. The smallest absolute Gasteiger partial charge is 0.165 e. The molecule has 0 aliphatic carbocycles. The van der Waals surface area contributed by atoms with E-state index >= 15 is 0 Å². The van der Waals surface area contributed by atoms with Crippen LogP contribution in [-0.4, -0.2) is 12.1 Å². The lowest BCUT2D eigenvalue weighted by atomic mass is 9.81. The highest BCUT2D eigenvalue weighted by molar-refractivity contribution is 5.81. The minimum atomic E-state index is -0.333. The summed E-state index contributed by atoms with van der Waals surface area (Å²) in [5.41, 5.74) is 3.99. The van der Waals surface area contributed by atoms with E-state index in [9.17, 15) is 4.39 Å². The van der Waals surface area contributed by atoms with Gasteiger partial charge in [0.15, 0.2) is 11.6 Å². The standard InChI is InChI=1S/C19H20FNO/c1-12-5-7-16-13(9-12)10-18(21-16)19(2,3)14-6-8-17(22-4)15(20)11-14/h5-11,21H,1-4H3. The Balaban J connectivity index is 2.08. The van der Waals surface area contributed by atoms with Crippen molar-refractivity contribution in [3.05, 3.63) is 65.1 Å². The van der Waals surface area contributed by atoms with Gasteiger partial charge < -0.3 is 9.72 Å². The van der Waals surface area contributed by atoms with Gasteiger partial charge in [0.1, 0.15) is 0 Å². The molecule has 3 aromatic rings.